The van der Waals surface area contributed by atoms with Gasteiger partial charge in [0.15, 0.2) is 6.10 Å². The second kappa shape index (κ2) is 10.4. The fraction of sp³-hybridized carbons (Fsp3) is 0.174. The molecule has 0 aromatic heterocycles. The van der Waals surface area contributed by atoms with Gasteiger partial charge in [0.1, 0.15) is 5.75 Å². The molecule has 11 heteroatoms. The molecule has 3 aromatic rings. The van der Waals surface area contributed by atoms with Gasteiger partial charge < -0.3 is 10.1 Å². The van der Waals surface area contributed by atoms with Crippen molar-refractivity contribution in [2.45, 2.75) is 30.5 Å². The number of hydrogen-bond acceptors (Lipinski definition) is 4. The lowest BCUT2D eigenvalue weighted by Gasteiger charge is -2.18. The standard InChI is InChI=1S/C23H20ClF3N2O4S/c1-2-20(33-21-9-4-3-8-19(21)24)22(30)28-16-10-12-18(13-11-16)34(31,32)29-17-7-5-6-15(14-17)23(25,26)27/h3-14,20,29H,2H2,1H3,(H,28,30). The van der Waals surface area contributed by atoms with Crippen molar-refractivity contribution in [3.05, 3.63) is 83.4 Å². The molecule has 0 bridgehead atoms. The zero-order valence-electron chi connectivity index (χ0n) is 17.8. The Bertz CT molecular complexity index is 1270. The van der Waals surface area contributed by atoms with Crippen molar-refractivity contribution in [3.63, 3.8) is 0 Å². The number of anilines is 2. The van der Waals surface area contributed by atoms with Crippen molar-refractivity contribution < 1.29 is 31.1 Å². The smallest absolute Gasteiger partial charge is 0.416 e. The quantitative estimate of drug-likeness (QED) is 0.390. The minimum absolute atomic E-state index is 0.192. The van der Waals surface area contributed by atoms with Gasteiger partial charge in [-0.25, -0.2) is 8.42 Å². The predicted octanol–water partition coefficient (Wildman–Crippen LogP) is 5.96. The Morgan fingerprint density at radius 2 is 1.68 bits per heavy atom. The lowest BCUT2D eigenvalue weighted by Crippen LogP contribution is -2.32. The van der Waals surface area contributed by atoms with E-state index in [4.69, 9.17) is 16.3 Å². The Balaban J connectivity index is 1.69. The van der Waals surface area contributed by atoms with Crippen molar-refractivity contribution in [2.24, 2.45) is 0 Å². The predicted molar refractivity (Wildman–Crippen MR) is 123 cm³/mol. The number of amides is 1. The summed E-state index contributed by atoms with van der Waals surface area (Å²) in [5, 5.41) is 3.00. The van der Waals surface area contributed by atoms with Crippen molar-refractivity contribution in [1.29, 1.82) is 0 Å². The molecule has 180 valence electrons. The van der Waals surface area contributed by atoms with E-state index in [9.17, 15) is 26.4 Å². The molecule has 0 aliphatic rings. The Labute approximate surface area is 199 Å². The van der Waals surface area contributed by atoms with Crippen molar-refractivity contribution in [2.75, 3.05) is 10.0 Å². The number of rotatable bonds is 8. The van der Waals surface area contributed by atoms with Crippen LogP contribution in [-0.4, -0.2) is 20.4 Å². The average Bonchev–Trinajstić information content (AvgIpc) is 2.78. The molecule has 1 amide bonds. The molecule has 2 N–H and O–H groups in total. The van der Waals surface area contributed by atoms with Crippen LogP contribution in [0.5, 0.6) is 5.75 Å². The van der Waals surface area contributed by atoms with E-state index in [0.717, 1.165) is 12.1 Å². The average molecular weight is 513 g/mol. The first-order valence-electron chi connectivity index (χ1n) is 10.0. The first-order chi connectivity index (χ1) is 16.0. The van der Waals surface area contributed by atoms with Crippen molar-refractivity contribution in [3.8, 4) is 5.75 Å². The third-order valence-corrected chi connectivity index (χ3v) is 6.35. The molecule has 0 heterocycles. The van der Waals surface area contributed by atoms with Gasteiger partial charge in [-0.3, -0.25) is 9.52 Å². The van der Waals surface area contributed by atoms with Gasteiger partial charge in [0.05, 0.1) is 15.5 Å². The summed E-state index contributed by atoms with van der Waals surface area (Å²) in [6.07, 6.45) is -5.09. The topological polar surface area (TPSA) is 84.5 Å². The maximum atomic E-state index is 12.9. The second-order valence-electron chi connectivity index (χ2n) is 7.14. The number of nitrogens with one attached hydrogen (secondary N) is 2. The summed E-state index contributed by atoms with van der Waals surface area (Å²) in [6, 6.07) is 15.8. The summed E-state index contributed by atoms with van der Waals surface area (Å²) >= 11 is 6.06. The van der Waals surface area contributed by atoms with E-state index in [1.807, 2.05) is 0 Å². The molecular formula is C23H20ClF3N2O4S. The Hall–Kier alpha value is -3.24. The molecule has 1 atom stereocenters. The van der Waals surface area contributed by atoms with Crippen LogP contribution in [-0.2, 0) is 21.0 Å². The van der Waals surface area contributed by atoms with E-state index >= 15 is 0 Å². The Morgan fingerprint density at radius 3 is 2.29 bits per heavy atom. The van der Waals surface area contributed by atoms with E-state index in [2.05, 4.69) is 10.0 Å². The van der Waals surface area contributed by atoms with Crippen molar-refractivity contribution in [1.82, 2.24) is 0 Å². The van der Waals surface area contributed by atoms with Crippen LogP contribution in [0.4, 0.5) is 24.5 Å². The van der Waals surface area contributed by atoms with Crippen LogP contribution in [0.15, 0.2) is 77.7 Å². The number of halogens is 4. The van der Waals surface area contributed by atoms with Crippen LogP contribution in [0.1, 0.15) is 18.9 Å². The van der Waals surface area contributed by atoms with Crippen LogP contribution < -0.4 is 14.8 Å². The lowest BCUT2D eigenvalue weighted by molar-refractivity contribution is -0.137. The monoisotopic (exact) mass is 512 g/mol. The fourth-order valence-electron chi connectivity index (χ4n) is 2.93. The van der Waals surface area contributed by atoms with E-state index in [1.165, 1.54) is 30.3 Å². The lowest BCUT2D eigenvalue weighted by atomic mass is 10.2. The maximum absolute atomic E-state index is 12.9. The number of carbonyl (C=O) groups is 1. The first-order valence-corrected chi connectivity index (χ1v) is 11.9. The third kappa shape index (κ3) is 6.42. The van der Waals surface area contributed by atoms with E-state index in [1.54, 1.807) is 31.2 Å². The summed E-state index contributed by atoms with van der Waals surface area (Å²) in [4.78, 5) is 12.4. The highest BCUT2D eigenvalue weighted by molar-refractivity contribution is 7.92. The van der Waals surface area contributed by atoms with Crippen LogP contribution in [0.2, 0.25) is 5.02 Å². The molecule has 0 spiro atoms. The number of benzene rings is 3. The highest BCUT2D eigenvalue weighted by Gasteiger charge is 2.30. The largest absolute Gasteiger partial charge is 0.479 e. The summed E-state index contributed by atoms with van der Waals surface area (Å²) in [6.45, 7) is 1.76. The SMILES string of the molecule is CCC(Oc1ccccc1Cl)C(=O)Nc1ccc(S(=O)(=O)Nc2cccc(C(F)(F)F)c2)cc1. The number of sulfonamides is 1. The van der Waals surface area contributed by atoms with Crippen LogP contribution >= 0.6 is 11.6 Å². The zero-order chi connectivity index (χ0) is 24.9. The first kappa shape index (κ1) is 25.4. The van der Waals surface area contributed by atoms with Gasteiger partial charge >= 0.3 is 6.18 Å². The van der Waals surface area contributed by atoms with E-state index in [0.29, 0.717) is 28.9 Å². The minimum atomic E-state index is -4.60. The van der Waals surface area contributed by atoms with Gasteiger partial charge in [-0.05, 0) is 61.0 Å². The normalized spacial score (nSPS) is 12.6. The third-order valence-electron chi connectivity index (χ3n) is 4.64. The zero-order valence-corrected chi connectivity index (χ0v) is 19.3. The highest BCUT2D eigenvalue weighted by atomic mass is 35.5. The van der Waals surface area contributed by atoms with Gasteiger partial charge in [-0.1, -0.05) is 36.7 Å². The fourth-order valence-corrected chi connectivity index (χ4v) is 4.16. The van der Waals surface area contributed by atoms with Crippen LogP contribution in [0.3, 0.4) is 0 Å². The van der Waals surface area contributed by atoms with Crippen molar-refractivity contribution >= 4 is 38.9 Å². The molecular weight excluding hydrogens is 493 g/mol. The van der Waals surface area contributed by atoms with Gasteiger partial charge in [0.2, 0.25) is 0 Å². The Kier molecular flexibility index (Phi) is 7.73. The molecule has 3 rings (SSSR count). The number of alkyl halides is 3. The molecule has 0 aliphatic carbocycles. The summed E-state index contributed by atoms with van der Waals surface area (Å²) < 4.78 is 71.6. The van der Waals surface area contributed by atoms with Crippen LogP contribution in [0, 0.1) is 0 Å². The maximum Gasteiger partial charge on any atom is 0.416 e. The highest BCUT2D eigenvalue weighted by Crippen LogP contribution is 2.31. The molecule has 0 saturated carbocycles. The summed E-state index contributed by atoms with van der Waals surface area (Å²) in [5.74, 6) is -0.103. The molecule has 0 radical (unpaired) electrons. The minimum Gasteiger partial charge on any atom is -0.479 e. The molecule has 34 heavy (non-hydrogen) atoms. The van der Waals surface area contributed by atoms with E-state index < -0.39 is 33.8 Å². The molecule has 6 nitrogen and oxygen atoms in total. The number of para-hydroxylation sites is 1. The molecule has 0 saturated heterocycles. The van der Waals surface area contributed by atoms with Gasteiger partial charge in [0.25, 0.3) is 15.9 Å². The van der Waals surface area contributed by atoms with Gasteiger partial charge in [-0.15, -0.1) is 0 Å². The molecule has 0 aliphatic heterocycles. The number of hydrogen-bond donors (Lipinski definition) is 2. The van der Waals surface area contributed by atoms with Gasteiger partial charge in [-0.2, -0.15) is 13.2 Å². The Morgan fingerprint density at radius 1 is 1.00 bits per heavy atom. The van der Waals surface area contributed by atoms with E-state index in [-0.39, 0.29) is 10.6 Å². The van der Waals surface area contributed by atoms with Crippen LogP contribution in [0.25, 0.3) is 0 Å². The molecule has 3 aromatic carbocycles. The molecule has 0 fully saturated rings. The summed E-state index contributed by atoms with van der Waals surface area (Å²) in [5.41, 5.74) is -0.894. The van der Waals surface area contributed by atoms with Gasteiger partial charge in [0, 0.05) is 11.4 Å². The number of ether oxygens (including phenoxy) is 1. The second-order valence-corrected chi connectivity index (χ2v) is 9.23. The molecule has 1 unspecified atom stereocenters. The summed E-state index contributed by atoms with van der Waals surface area (Å²) in [7, 11) is -4.16. The number of carbonyl (C=O) groups excluding carboxylic acids is 1.